The molecule has 0 saturated heterocycles. The van der Waals surface area contributed by atoms with Crippen LogP contribution < -0.4 is 0 Å². The predicted molar refractivity (Wildman–Crippen MR) is 72.9 cm³/mol. The number of esters is 1. The molecule has 0 radical (unpaired) electrons. The van der Waals surface area contributed by atoms with Crippen molar-refractivity contribution in [3.05, 3.63) is 28.1 Å². The highest BCUT2D eigenvalue weighted by Gasteiger charge is 2.17. The van der Waals surface area contributed by atoms with Crippen LogP contribution in [0.4, 0.5) is 5.69 Å². The van der Waals surface area contributed by atoms with Gasteiger partial charge in [-0.25, -0.2) is 4.79 Å². The molecule has 2 rings (SSSR count). The zero-order chi connectivity index (χ0) is 12.4. The number of methoxy groups -OCH3 is 1. The van der Waals surface area contributed by atoms with Crippen molar-refractivity contribution in [1.29, 1.82) is 0 Å². The zero-order valence-corrected chi connectivity index (χ0v) is 11.1. The van der Waals surface area contributed by atoms with Gasteiger partial charge < -0.3 is 4.74 Å². The molecule has 0 aliphatic heterocycles. The Hall–Kier alpha value is -1.26. The second-order valence-corrected chi connectivity index (χ2v) is 4.73. The minimum Gasteiger partial charge on any atom is -0.465 e. The number of rotatable bonds is 2. The quantitative estimate of drug-likeness (QED) is 0.474. The summed E-state index contributed by atoms with van der Waals surface area (Å²) in [5.74, 6) is -0.434. The third-order valence-electron chi connectivity index (χ3n) is 2.16. The van der Waals surface area contributed by atoms with Gasteiger partial charge in [0.05, 0.1) is 23.0 Å². The SMILES string of the molecule is COC(=O)c1sc2cc(N=C=S)ccc2c1Cl. The number of thiophene rings is 1. The van der Waals surface area contributed by atoms with E-state index in [-0.39, 0.29) is 0 Å². The number of aliphatic imine (C=N–C) groups is 1. The van der Waals surface area contributed by atoms with Gasteiger partial charge in [-0.3, -0.25) is 0 Å². The monoisotopic (exact) mass is 283 g/mol. The van der Waals surface area contributed by atoms with Gasteiger partial charge in [0.2, 0.25) is 0 Å². The van der Waals surface area contributed by atoms with E-state index in [1.807, 2.05) is 0 Å². The number of ether oxygens (including phenoxy) is 1. The molecule has 2 aromatic rings. The van der Waals surface area contributed by atoms with E-state index in [2.05, 4.69) is 27.1 Å². The van der Waals surface area contributed by atoms with E-state index >= 15 is 0 Å². The minimum atomic E-state index is -0.434. The Morgan fingerprint density at radius 3 is 3.00 bits per heavy atom. The molecule has 0 spiro atoms. The van der Waals surface area contributed by atoms with Crippen molar-refractivity contribution < 1.29 is 9.53 Å². The molecular formula is C11H6ClNO2S2. The van der Waals surface area contributed by atoms with Gasteiger partial charge in [-0.05, 0) is 30.4 Å². The number of isothiocyanates is 1. The molecule has 1 aromatic carbocycles. The Balaban J connectivity index is 2.64. The molecule has 0 aliphatic carbocycles. The summed E-state index contributed by atoms with van der Waals surface area (Å²) < 4.78 is 5.52. The summed E-state index contributed by atoms with van der Waals surface area (Å²) in [5, 5.41) is 3.51. The minimum absolute atomic E-state index is 0.396. The van der Waals surface area contributed by atoms with Gasteiger partial charge in [0.1, 0.15) is 4.88 Å². The van der Waals surface area contributed by atoms with Crippen LogP contribution in [0, 0.1) is 0 Å². The van der Waals surface area contributed by atoms with Crippen molar-refractivity contribution in [1.82, 2.24) is 0 Å². The van der Waals surface area contributed by atoms with Crippen molar-refractivity contribution >= 4 is 62.1 Å². The fourth-order valence-corrected chi connectivity index (χ4v) is 2.97. The molecule has 17 heavy (non-hydrogen) atoms. The molecule has 0 bridgehead atoms. The van der Waals surface area contributed by atoms with Crippen molar-refractivity contribution in [2.24, 2.45) is 4.99 Å². The molecule has 1 aromatic heterocycles. The van der Waals surface area contributed by atoms with Gasteiger partial charge in [0, 0.05) is 10.1 Å². The van der Waals surface area contributed by atoms with E-state index in [1.54, 1.807) is 18.2 Å². The van der Waals surface area contributed by atoms with Gasteiger partial charge in [0.15, 0.2) is 0 Å². The number of benzene rings is 1. The molecule has 6 heteroatoms. The molecule has 1 heterocycles. The number of nitrogens with zero attached hydrogens (tertiary/aromatic N) is 1. The summed E-state index contributed by atoms with van der Waals surface area (Å²) in [7, 11) is 1.32. The van der Waals surface area contributed by atoms with E-state index < -0.39 is 5.97 Å². The summed E-state index contributed by atoms with van der Waals surface area (Å²) in [6.45, 7) is 0. The smallest absolute Gasteiger partial charge is 0.349 e. The first-order chi connectivity index (χ1) is 8.17. The van der Waals surface area contributed by atoms with Crippen LogP contribution in [0.5, 0.6) is 0 Å². The first-order valence-corrected chi connectivity index (χ1v) is 6.16. The molecule has 0 saturated carbocycles. The summed E-state index contributed by atoms with van der Waals surface area (Å²) in [5.41, 5.74) is 0.682. The Morgan fingerprint density at radius 2 is 2.35 bits per heavy atom. The predicted octanol–water partition coefficient (Wildman–Crippen LogP) is 4.08. The number of fused-ring (bicyclic) bond motifs is 1. The van der Waals surface area contributed by atoms with Crippen LogP contribution in [-0.2, 0) is 4.74 Å². The Kier molecular flexibility index (Phi) is 3.54. The van der Waals surface area contributed by atoms with Gasteiger partial charge >= 0.3 is 5.97 Å². The molecule has 0 N–H and O–H groups in total. The van der Waals surface area contributed by atoms with E-state index in [0.717, 1.165) is 10.1 Å². The molecular weight excluding hydrogens is 278 g/mol. The van der Waals surface area contributed by atoms with Gasteiger partial charge in [0.25, 0.3) is 0 Å². The lowest BCUT2D eigenvalue weighted by Gasteiger charge is -1.94. The number of hydrogen-bond acceptors (Lipinski definition) is 5. The first-order valence-electron chi connectivity index (χ1n) is 4.55. The summed E-state index contributed by atoms with van der Waals surface area (Å²) in [6, 6.07) is 5.37. The molecule has 3 nitrogen and oxygen atoms in total. The highest BCUT2D eigenvalue weighted by molar-refractivity contribution is 7.78. The van der Waals surface area contributed by atoms with Crippen molar-refractivity contribution in [3.8, 4) is 0 Å². The topological polar surface area (TPSA) is 38.7 Å². The average Bonchev–Trinajstić information content (AvgIpc) is 2.66. The number of hydrogen-bond donors (Lipinski definition) is 0. The first kappa shape index (κ1) is 12.2. The van der Waals surface area contributed by atoms with E-state index in [4.69, 9.17) is 11.6 Å². The number of thiocarbonyl (C=S) groups is 1. The number of carbonyl (C=O) groups is 1. The summed E-state index contributed by atoms with van der Waals surface area (Å²) >= 11 is 11.9. The van der Waals surface area contributed by atoms with E-state index in [1.165, 1.54) is 18.4 Å². The molecule has 0 unspecified atom stereocenters. The normalized spacial score (nSPS) is 10.0. The zero-order valence-electron chi connectivity index (χ0n) is 8.69. The maximum atomic E-state index is 11.5. The van der Waals surface area contributed by atoms with Crippen LogP contribution in [0.25, 0.3) is 10.1 Å². The Bertz CT molecular complexity index is 644. The van der Waals surface area contributed by atoms with Crippen molar-refractivity contribution in [3.63, 3.8) is 0 Å². The third kappa shape index (κ3) is 2.23. The Morgan fingerprint density at radius 1 is 1.59 bits per heavy atom. The maximum absolute atomic E-state index is 11.5. The number of halogens is 1. The summed E-state index contributed by atoms with van der Waals surface area (Å²) in [6.07, 6.45) is 0. The highest BCUT2D eigenvalue weighted by atomic mass is 35.5. The van der Waals surface area contributed by atoms with E-state index in [0.29, 0.717) is 15.6 Å². The van der Waals surface area contributed by atoms with Crippen molar-refractivity contribution in [2.45, 2.75) is 0 Å². The van der Waals surface area contributed by atoms with Gasteiger partial charge in [-0.15, -0.1) is 11.3 Å². The second-order valence-electron chi connectivity index (χ2n) is 3.12. The fraction of sp³-hybridized carbons (Fsp3) is 0.0909. The van der Waals surface area contributed by atoms with Crippen LogP contribution >= 0.6 is 35.2 Å². The molecule has 0 fully saturated rings. The molecule has 0 atom stereocenters. The standard InChI is InChI=1S/C11H6ClNO2S2/c1-15-11(14)10-9(12)7-3-2-6(13-5-16)4-8(7)17-10/h2-4H,1H3. The summed E-state index contributed by atoms with van der Waals surface area (Å²) in [4.78, 5) is 15.7. The van der Waals surface area contributed by atoms with Crippen LogP contribution in [-0.4, -0.2) is 18.2 Å². The van der Waals surface area contributed by atoms with Gasteiger partial charge in [-0.2, -0.15) is 4.99 Å². The van der Waals surface area contributed by atoms with Gasteiger partial charge in [-0.1, -0.05) is 11.6 Å². The lowest BCUT2D eigenvalue weighted by Crippen LogP contribution is -1.97. The van der Waals surface area contributed by atoms with Crippen LogP contribution in [0.1, 0.15) is 9.67 Å². The molecule has 86 valence electrons. The van der Waals surface area contributed by atoms with Crippen molar-refractivity contribution in [2.75, 3.05) is 7.11 Å². The van der Waals surface area contributed by atoms with Crippen LogP contribution in [0.3, 0.4) is 0 Å². The largest absolute Gasteiger partial charge is 0.465 e. The lowest BCUT2D eigenvalue weighted by atomic mass is 10.2. The maximum Gasteiger partial charge on any atom is 0.349 e. The highest BCUT2D eigenvalue weighted by Crippen LogP contribution is 2.37. The van der Waals surface area contributed by atoms with Crippen LogP contribution in [0.2, 0.25) is 5.02 Å². The number of carbonyl (C=O) groups excluding carboxylic acids is 1. The lowest BCUT2D eigenvalue weighted by molar-refractivity contribution is 0.0606. The average molecular weight is 284 g/mol. The van der Waals surface area contributed by atoms with Crippen LogP contribution in [0.15, 0.2) is 23.2 Å². The molecule has 0 amide bonds. The second kappa shape index (κ2) is 4.94. The van der Waals surface area contributed by atoms with E-state index in [9.17, 15) is 4.79 Å². The Labute approximate surface area is 112 Å². The third-order valence-corrected chi connectivity index (χ3v) is 3.89. The molecule has 0 aliphatic rings. The fourth-order valence-electron chi connectivity index (χ4n) is 1.40.